The zero-order valence-corrected chi connectivity index (χ0v) is 11.2. The van der Waals surface area contributed by atoms with Gasteiger partial charge in [0.15, 0.2) is 0 Å². The number of fused-ring (bicyclic) bond motifs is 1. The number of nitrogens with zero attached hydrogens (tertiary/aromatic N) is 2. The Balaban J connectivity index is 1.73. The Morgan fingerprint density at radius 1 is 1.42 bits per heavy atom. The van der Waals surface area contributed by atoms with Crippen molar-refractivity contribution < 1.29 is 4.79 Å². The van der Waals surface area contributed by atoms with Crippen LogP contribution in [-0.2, 0) is 11.2 Å². The van der Waals surface area contributed by atoms with Crippen LogP contribution in [0.1, 0.15) is 18.9 Å². The fourth-order valence-electron chi connectivity index (χ4n) is 2.87. The number of benzene rings is 1. The van der Waals surface area contributed by atoms with Crippen LogP contribution < -0.4 is 0 Å². The second-order valence-electron chi connectivity index (χ2n) is 5.35. The summed E-state index contributed by atoms with van der Waals surface area (Å²) >= 11 is 0. The maximum absolute atomic E-state index is 11.3. The maximum atomic E-state index is 11.3. The van der Waals surface area contributed by atoms with Crippen molar-refractivity contribution in [3.8, 4) is 0 Å². The third-order valence-electron chi connectivity index (χ3n) is 3.92. The van der Waals surface area contributed by atoms with Crippen molar-refractivity contribution in [2.75, 3.05) is 13.1 Å². The van der Waals surface area contributed by atoms with Crippen molar-refractivity contribution in [1.29, 1.82) is 0 Å². The molecular formula is C16H18N2O. The molecule has 2 aromatic rings. The zero-order valence-electron chi connectivity index (χ0n) is 11.2. The smallest absolute Gasteiger partial charge is 0.219 e. The minimum Gasteiger partial charge on any atom is -0.343 e. The summed E-state index contributed by atoms with van der Waals surface area (Å²) in [5.41, 5.74) is 2.39. The van der Waals surface area contributed by atoms with E-state index < -0.39 is 0 Å². The van der Waals surface area contributed by atoms with Gasteiger partial charge in [-0.05, 0) is 42.5 Å². The summed E-state index contributed by atoms with van der Waals surface area (Å²) in [4.78, 5) is 17.6. The fraction of sp³-hybridized carbons (Fsp3) is 0.375. The Labute approximate surface area is 113 Å². The third-order valence-corrected chi connectivity index (χ3v) is 3.92. The molecule has 19 heavy (non-hydrogen) atoms. The molecule has 0 unspecified atom stereocenters. The van der Waals surface area contributed by atoms with Gasteiger partial charge in [0.2, 0.25) is 5.91 Å². The summed E-state index contributed by atoms with van der Waals surface area (Å²) in [5.74, 6) is 0.795. The van der Waals surface area contributed by atoms with Crippen LogP contribution in [-0.4, -0.2) is 28.9 Å². The molecule has 1 atom stereocenters. The monoisotopic (exact) mass is 254 g/mol. The minimum atomic E-state index is 0.199. The van der Waals surface area contributed by atoms with E-state index in [-0.39, 0.29) is 5.91 Å². The molecule has 0 bridgehead atoms. The van der Waals surface area contributed by atoms with E-state index >= 15 is 0 Å². The number of amides is 1. The summed E-state index contributed by atoms with van der Waals surface area (Å²) in [6.45, 7) is 3.47. The maximum Gasteiger partial charge on any atom is 0.219 e. The van der Waals surface area contributed by atoms with Gasteiger partial charge in [0.25, 0.3) is 0 Å². The van der Waals surface area contributed by atoms with Crippen LogP contribution in [0.4, 0.5) is 0 Å². The van der Waals surface area contributed by atoms with Gasteiger partial charge in [-0.3, -0.25) is 9.78 Å². The summed E-state index contributed by atoms with van der Waals surface area (Å²) in [5, 5.41) is 1.20. The predicted molar refractivity (Wildman–Crippen MR) is 75.8 cm³/mol. The van der Waals surface area contributed by atoms with Crippen LogP contribution in [0.25, 0.3) is 10.9 Å². The van der Waals surface area contributed by atoms with Crippen molar-refractivity contribution in [1.82, 2.24) is 9.88 Å². The topological polar surface area (TPSA) is 33.2 Å². The highest BCUT2D eigenvalue weighted by Gasteiger charge is 2.24. The molecule has 3 heteroatoms. The highest BCUT2D eigenvalue weighted by Crippen LogP contribution is 2.22. The Bertz CT molecular complexity index is 608. The number of hydrogen-bond acceptors (Lipinski definition) is 2. The van der Waals surface area contributed by atoms with E-state index in [9.17, 15) is 4.79 Å². The molecule has 1 amide bonds. The standard InChI is InChI=1S/C16H18N2O/c1-12(19)18-8-6-14(11-18)9-13-4-5-16-15(10-13)3-2-7-17-16/h2-5,7,10,14H,6,8-9,11H2,1H3/t14-/m1/s1. The molecule has 2 heterocycles. The molecule has 0 N–H and O–H groups in total. The van der Waals surface area contributed by atoms with Gasteiger partial charge in [-0.2, -0.15) is 0 Å². The van der Waals surface area contributed by atoms with Crippen LogP contribution in [0.15, 0.2) is 36.5 Å². The van der Waals surface area contributed by atoms with Crippen LogP contribution in [0.2, 0.25) is 0 Å². The van der Waals surface area contributed by atoms with Crippen LogP contribution >= 0.6 is 0 Å². The first kappa shape index (κ1) is 12.2. The minimum absolute atomic E-state index is 0.199. The van der Waals surface area contributed by atoms with E-state index in [0.29, 0.717) is 5.92 Å². The molecule has 3 rings (SSSR count). The SMILES string of the molecule is CC(=O)N1CC[C@H](Cc2ccc3ncccc3c2)C1. The van der Waals surface area contributed by atoms with Crippen LogP contribution in [0.5, 0.6) is 0 Å². The summed E-state index contributed by atoms with van der Waals surface area (Å²) in [6, 6.07) is 10.5. The normalized spacial score (nSPS) is 19.0. The number of pyridine rings is 1. The van der Waals surface area contributed by atoms with E-state index in [1.165, 1.54) is 10.9 Å². The number of carbonyl (C=O) groups excluding carboxylic acids is 1. The van der Waals surface area contributed by atoms with Gasteiger partial charge < -0.3 is 4.90 Å². The lowest BCUT2D eigenvalue weighted by Gasteiger charge is -2.14. The predicted octanol–water partition coefficient (Wildman–Crippen LogP) is 2.65. The van der Waals surface area contributed by atoms with Gasteiger partial charge in [0, 0.05) is 31.6 Å². The zero-order chi connectivity index (χ0) is 13.2. The largest absolute Gasteiger partial charge is 0.343 e. The fourth-order valence-corrected chi connectivity index (χ4v) is 2.87. The molecule has 0 aliphatic carbocycles. The average molecular weight is 254 g/mol. The van der Waals surface area contributed by atoms with Gasteiger partial charge >= 0.3 is 0 Å². The van der Waals surface area contributed by atoms with Gasteiger partial charge in [0.05, 0.1) is 5.52 Å². The second kappa shape index (κ2) is 5.00. The molecule has 98 valence electrons. The quantitative estimate of drug-likeness (QED) is 0.825. The lowest BCUT2D eigenvalue weighted by Crippen LogP contribution is -2.26. The number of hydrogen-bond donors (Lipinski definition) is 0. The first-order valence-electron chi connectivity index (χ1n) is 6.81. The Morgan fingerprint density at radius 2 is 2.32 bits per heavy atom. The lowest BCUT2D eigenvalue weighted by molar-refractivity contribution is -0.127. The highest BCUT2D eigenvalue weighted by atomic mass is 16.2. The lowest BCUT2D eigenvalue weighted by atomic mass is 9.97. The second-order valence-corrected chi connectivity index (χ2v) is 5.35. The van der Waals surface area contributed by atoms with E-state index in [0.717, 1.165) is 31.4 Å². The van der Waals surface area contributed by atoms with Crippen molar-refractivity contribution in [3.63, 3.8) is 0 Å². The number of aromatic nitrogens is 1. The van der Waals surface area contributed by atoms with Gasteiger partial charge in [-0.25, -0.2) is 0 Å². The van der Waals surface area contributed by atoms with Crippen molar-refractivity contribution in [2.45, 2.75) is 19.8 Å². The molecule has 3 nitrogen and oxygen atoms in total. The average Bonchev–Trinajstić information content (AvgIpc) is 2.87. The first-order valence-corrected chi connectivity index (χ1v) is 6.81. The molecule has 0 spiro atoms. The molecular weight excluding hydrogens is 236 g/mol. The highest BCUT2D eigenvalue weighted by molar-refractivity contribution is 5.78. The third kappa shape index (κ3) is 2.60. The van der Waals surface area contributed by atoms with Crippen LogP contribution in [0, 0.1) is 5.92 Å². The van der Waals surface area contributed by atoms with Crippen LogP contribution in [0.3, 0.4) is 0 Å². The van der Waals surface area contributed by atoms with Gasteiger partial charge in [-0.1, -0.05) is 12.1 Å². The Hall–Kier alpha value is -1.90. The molecule has 1 aromatic heterocycles. The van der Waals surface area contributed by atoms with E-state index in [4.69, 9.17) is 0 Å². The number of likely N-dealkylation sites (tertiary alicyclic amines) is 1. The summed E-state index contributed by atoms with van der Waals surface area (Å²) < 4.78 is 0. The van der Waals surface area contributed by atoms with E-state index in [2.05, 4.69) is 29.2 Å². The number of carbonyl (C=O) groups is 1. The molecule has 1 aliphatic heterocycles. The Morgan fingerprint density at radius 3 is 3.11 bits per heavy atom. The first-order chi connectivity index (χ1) is 9.22. The molecule has 1 aliphatic rings. The van der Waals surface area contributed by atoms with Gasteiger partial charge in [0.1, 0.15) is 0 Å². The molecule has 0 radical (unpaired) electrons. The summed E-state index contributed by atoms with van der Waals surface area (Å²) in [6.07, 6.45) is 3.99. The summed E-state index contributed by atoms with van der Waals surface area (Å²) in [7, 11) is 0. The van der Waals surface area contributed by atoms with E-state index in [1.807, 2.05) is 17.2 Å². The van der Waals surface area contributed by atoms with E-state index in [1.54, 1.807) is 6.92 Å². The van der Waals surface area contributed by atoms with Crippen molar-refractivity contribution in [3.05, 3.63) is 42.1 Å². The molecule has 1 aromatic carbocycles. The Kier molecular flexibility index (Phi) is 3.20. The van der Waals surface area contributed by atoms with Gasteiger partial charge in [-0.15, -0.1) is 0 Å². The molecule has 0 saturated carbocycles. The molecule has 1 fully saturated rings. The molecule has 1 saturated heterocycles. The number of rotatable bonds is 2. The van der Waals surface area contributed by atoms with Crippen molar-refractivity contribution >= 4 is 16.8 Å². The van der Waals surface area contributed by atoms with Crippen molar-refractivity contribution in [2.24, 2.45) is 5.92 Å².